The van der Waals surface area contributed by atoms with Crippen molar-refractivity contribution in [2.45, 2.75) is 45.3 Å². The van der Waals surface area contributed by atoms with E-state index < -0.39 is 5.54 Å². The SMILES string of the molecule is Cc1ccc(CN2C(=O)CN(C(C)C)C(=O)C23CCN(c2cccnn2)C3)cc1. The van der Waals surface area contributed by atoms with Crippen LogP contribution in [0.4, 0.5) is 5.82 Å². The molecule has 2 saturated heterocycles. The number of carbonyl (C=O) groups excluding carboxylic acids is 2. The molecular formula is C22H27N5O2. The number of nitrogens with zero attached hydrogens (tertiary/aromatic N) is 5. The van der Waals surface area contributed by atoms with Crippen LogP contribution in [0.1, 0.15) is 31.4 Å². The van der Waals surface area contributed by atoms with Crippen molar-refractivity contribution < 1.29 is 9.59 Å². The van der Waals surface area contributed by atoms with Gasteiger partial charge in [0, 0.05) is 25.3 Å². The summed E-state index contributed by atoms with van der Waals surface area (Å²) in [5.41, 5.74) is 1.33. The molecule has 1 unspecified atom stereocenters. The van der Waals surface area contributed by atoms with Gasteiger partial charge in [-0.3, -0.25) is 9.59 Å². The van der Waals surface area contributed by atoms with E-state index in [2.05, 4.69) is 15.1 Å². The molecule has 7 nitrogen and oxygen atoms in total. The summed E-state index contributed by atoms with van der Waals surface area (Å²) in [4.78, 5) is 32.4. The van der Waals surface area contributed by atoms with Crippen LogP contribution < -0.4 is 4.90 Å². The molecule has 0 aliphatic carbocycles. The number of aryl methyl sites for hydroxylation is 1. The van der Waals surface area contributed by atoms with Crippen LogP contribution in [0.3, 0.4) is 0 Å². The maximum Gasteiger partial charge on any atom is 0.251 e. The van der Waals surface area contributed by atoms with Crippen LogP contribution in [0.2, 0.25) is 0 Å². The number of rotatable bonds is 4. The number of benzene rings is 1. The van der Waals surface area contributed by atoms with Crippen molar-refractivity contribution in [3.63, 3.8) is 0 Å². The molecule has 1 spiro atoms. The van der Waals surface area contributed by atoms with Crippen molar-refractivity contribution in [3.8, 4) is 0 Å². The smallest absolute Gasteiger partial charge is 0.251 e. The molecule has 7 heteroatoms. The van der Waals surface area contributed by atoms with Gasteiger partial charge in [0.15, 0.2) is 5.82 Å². The number of piperazine rings is 1. The maximum atomic E-state index is 13.6. The molecule has 1 aromatic carbocycles. The van der Waals surface area contributed by atoms with Gasteiger partial charge in [0.1, 0.15) is 12.1 Å². The molecule has 1 atom stereocenters. The fraction of sp³-hybridized carbons (Fsp3) is 0.455. The minimum atomic E-state index is -0.873. The molecule has 4 rings (SSSR count). The molecule has 2 aromatic rings. The highest BCUT2D eigenvalue weighted by Crippen LogP contribution is 2.37. The predicted molar refractivity (Wildman–Crippen MR) is 110 cm³/mol. The summed E-state index contributed by atoms with van der Waals surface area (Å²) >= 11 is 0. The van der Waals surface area contributed by atoms with Crippen LogP contribution in [-0.4, -0.2) is 63.0 Å². The number of aromatic nitrogens is 2. The Morgan fingerprint density at radius 3 is 2.55 bits per heavy atom. The van der Waals surface area contributed by atoms with E-state index in [9.17, 15) is 9.59 Å². The lowest BCUT2D eigenvalue weighted by Crippen LogP contribution is -2.69. The minimum absolute atomic E-state index is 0.000120. The Morgan fingerprint density at radius 1 is 1.14 bits per heavy atom. The van der Waals surface area contributed by atoms with Crippen molar-refractivity contribution in [1.82, 2.24) is 20.0 Å². The number of hydrogen-bond acceptors (Lipinski definition) is 5. The Morgan fingerprint density at radius 2 is 1.90 bits per heavy atom. The Balaban J connectivity index is 1.69. The quantitative estimate of drug-likeness (QED) is 0.795. The Kier molecular flexibility index (Phi) is 4.98. The zero-order chi connectivity index (χ0) is 20.6. The van der Waals surface area contributed by atoms with E-state index in [-0.39, 0.29) is 24.4 Å². The summed E-state index contributed by atoms with van der Waals surface area (Å²) < 4.78 is 0. The van der Waals surface area contributed by atoms with Gasteiger partial charge in [-0.1, -0.05) is 29.8 Å². The van der Waals surface area contributed by atoms with Crippen LogP contribution in [-0.2, 0) is 16.1 Å². The lowest BCUT2D eigenvalue weighted by molar-refractivity contribution is -0.166. The van der Waals surface area contributed by atoms with Crippen LogP contribution >= 0.6 is 0 Å². The average Bonchev–Trinajstić information content (AvgIpc) is 3.16. The van der Waals surface area contributed by atoms with Crippen LogP contribution in [0.5, 0.6) is 0 Å². The van der Waals surface area contributed by atoms with Crippen LogP contribution in [0.25, 0.3) is 0 Å². The van der Waals surface area contributed by atoms with Gasteiger partial charge < -0.3 is 14.7 Å². The lowest BCUT2D eigenvalue weighted by atomic mass is 9.89. The molecule has 29 heavy (non-hydrogen) atoms. The van der Waals surface area contributed by atoms with Crippen molar-refractivity contribution in [2.24, 2.45) is 0 Å². The van der Waals surface area contributed by atoms with Gasteiger partial charge in [-0.2, -0.15) is 5.10 Å². The molecule has 0 radical (unpaired) electrons. The molecule has 2 aliphatic heterocycles. The van der Waals surface area contributed by atoms with Crippen molar-refractivity contribution in [2.75, 3.05) is 24.5 Å². The lowest BCUT2D eigenvalue weighted by Gasteiger charge is -2.48. The monoisotopic (exact) mass is 393 g/mol. The molecule has 1 aromatic heterocycles. The van der Waals surface area contributed by atoms with Gasteiger partial charge in [0.05, 0.1) is 6.54 Å². The number of hydrogen-bond donors (Lipinski definition) is 0. The van der Waals surface area contributed by atoms with E-state index in [1.54, 1.807) is 16.0 Å². The first-order valence-corrected chi connectivity index (χ1v) is 10.1. The summed E-state index contributed by atoms with van der Waals surface area (Å²) in [5, 5.41) is 8.17. The molecule has 152 valence electrons. The second kappa shape index (κ2) is 7.46. The molecule has 0 bridgehead atoms. The highest BCUT2D eigenvalue weighted by Gasteiger charge is 2.56. The van der Waals surface area contributed by atoms with E-state index in [0.717, 1.165) is 11.4 Å². The summed E-state index contributed by atoms with van der Waals surface area (Å²) in [6.07, 6.45) is 2.22. The first-order chi connectivity index (χ1) is 13.9. The number of anilines is 1. The third-order valence-electron chi connectivity index (χ3n) is 6.00. The summed E-state index contributed by atoms with van der Waals surface area (Å²) in [6, 6.07) is 11.9. The fourth-order valence-corrected chi connectivity index (χ4v) is 4.30. The van der Waals surface area contributed by atoms with Gasteiger partial charge in [-0.05, 0) is 44.9 Å². The van der Waals surface area contributed by atoms with E-state index in [1.807, 2.05) is 57.2 Å². The summed E-state index contributed by atoms with van der Waals surface area (Å²) in [7, 11) is 0. The summed E-state index contributed by atoms with van der Waals surface area (Å²) in [5.74, 6) is 0.770. The standard InChI is InChI=1S/C22H27N5O2/c1-16(2)26-14-20(28)27(13-18-8-6-17(3)7-9-18)22(21(26)29)10-12-25(15-22)19-5-4-11-23-24-19/h4-9,11,16H,10,12-15H2,1-3H3. The average molecular weight is 393 g/mol. The second-order valence-electron chi connectivity index (χ2n) is 8.28. The van der Waals surface area contributed by atoms with E-state index in [0.29, 0.717) is 26.1 Å². The zero-order valence-corrected chi connectivity index (χ0v) is 17.2. The van der Waals surface area contributed by atoms with Crippen LogP contribution in [0.15, 0.2) is 42.6 Å². The van der Waals surface area contributed by atoms with Gasteiger partial charge in [-0.25, -0.2) is 0 Å². The highest BCUT2D eigenvalue weighted by atomic mass is 16.2. The molecule has 2 amide bonds. The zero-order valence-electron chi connectivity index (χ0n) is 17.2. The third kappa shape index (κ3) is 3.45. The Hall–Kier alpha value is -2.96. The largest absolute Gasteiger partial charge is 0.352 e. The molecule has 0 N–H and O–H groups in total. The number of carbonyl (C=O) groups is 2. The van der Waals surface area contributed by atoms with Crippen LogP contribution in [0, 0.1) is 6.92 Å². The first-order valence-electron chi connectivity index (χ1n) is 10.1. The Labute approximate surface area is 171 Å². The minimum Gasteiger partial charge on any atom is -0.352 e. The highest BCUT2D eigenvalue weighted by molar-refractivity contribution is 5.99. The van der Waals surface area contributed by atoms with Gasteiger partial charge >= 0.3 is 0 Å². The van der Waals surface area contributed by atoms with Gasteiger partial charge in [-0.15, -0.1) is 5.10 Å². The van der Waals surface area contributed by atoms with Crippen molar-refractivity contribution >= 4 is 17.6 Å². The first kappa shape index (κ1) is 19.4. The third-order valence-corrected chi connectivity index (χ3v) is 6.00. The van der Waals surface area contributed by atoms with E-state index in [4.69, 9.17) is 0 Å². The predicted octanol–water partition coefficient (Wildman–Crippen LogP) is 2.01. The maximum absolute atomic E-state index is 13.6. The van der Waals surface area contributed by atoms with Crippen molar-refractivity contribution in [3.05, 3.63) is 53.7 Å². The molecule has 2 aliphatic rings. The molecular weight excluding hydrogens is 366 g/mol. The van der Waals surface area contributed by atoms with Crippen molar-refractivity contribution in [1.29, 1.82) is 0 Å². The molecule has 0 saturated carbocycles. The number of amides is 2. The normalized spacial score (nSPS) is 22.3. The fourth-order valence-electron chi connectivity index (χ4n) is 4.30. The van der Waals surface area contributed by atoms with Gasteiger partial charge in [0.25, 0.3) is 5.91 Å². The second-order valence-corrected chi connectivity index (χ2v) is 8.28. The Bertz CT molecular complexity index is 899. The topological polar surface area (TPSA) is 69.6 Å². The molecule has 3 heterocycles. The summed E-state index contributed by atoms with van der Waals surface area (Å²) in [6.45, 7) is 7.63. The van der Waals surface area contributed by atoms with Gasteiger partial charge in [0.2, 0.25) is 5.91 Å². The van der Waals surface area contributed by atoms with E-state index in [1.165, 1.54) is 5.56 Å². The van der Waals surface area contributed by atoms with E-state index >= 15 is 0 Å². The molecule has 2 fully saturated rings.